The molecule has 0 radical (unpaired) electrons. The maximum absolute atomic E-state index is 12.6. The molecule has 1 saturated heterocycles. The number of amides is 1. The summed E-state index contributed by atoms with van der Waals surface area (Å²) in [5, 5.41) is 2.92. The number of carbonyl (C=O) groups excluding carboxylic acids is 1. The molecule has 1 fully saturated rings. The van der Waals surface area contributed by atoms with Crippen molar-refractivity contribution in [3.05, 3.63) is 18.2 Å². The van der Waals surface area contributed by atoms with Crippen molar-refractivity contribution in [1.29, 1.82) is 0 Å². The predicted molar refractivity (Wildman–Crippen MR) is 87.0 cm³/mol. The second-order valence-electron chi connectivity index (χ2n) is 5.12. The Hall–Kier alpha value is -1.50. The molecule has 1 heterocycles. The molecule has 22 heavy (non-hydrogen) atoms. The molecule has 1 amide bonds. The van der Waals surface area contributed by atoms with Crippen LogP contribution >= 0.6 is 12.4 Å². The third-order valence-electron chi connectivity index (χ3n) is 3.96. The zero-order valence-electron chi connectivity index (χ0n) is 12.9. The number of anilines is 1. The third kappa shape index (κ3) is 3.82. The first-order chi connectivity index (χ1) is 10.1. The lowest BCUT2D eigenvalue weighted by Gasteiger charge is -2.34. The van der Waals surface area contributed by atoms with E-state index in [0.29, 0.717) is 49.8 Å². The van der Waals surface area contributed by atoms with Gasteiger partial charge in [0.25, 0.3) is 0 Å². The molecule has 1 aliphatic rings. The number of methoxy groups -OCH3 is 2. The molecule has 1 aromatic rings. The van der Waals surface area contributed by atoms with Gasteiger partial charge in [0.05, 0.1) is 19.6 Å². The van der Waals surface area contributed by atoms with Gasteiger partial charge in [-0.15, -0.1) is 12.4 Å². The predicted octanol–water partition coefficient (Wildman–Crippen LogP) is 1.82. The Morgan fingerprint density at radius 2 is 1.91 bits per heavy atom. The average molecular weight is 331 g/mol. The molecular formula is C15H23ClN2O4. The van der Waals surface area contributed by atoms with Crippen LogP contribution in [0.3, 0.4) is 0 Å². The van der Waals surface area contributed by atoms with Crippen LogP contribution in [0.5, 0.6) is 11.5 Å². The van der Waals surface area contributed by atoms with Crippen molar-refractivity contribution in [1.82, 2.24) is 0 Å². The van der Waals surface area contributed by atoms with Gasteiger partial charge < -0.3 is 25.3 Å². The van der Waals surface area contributed by atoms with E-state index in [0.717, 1.165) is 0 Å². The SMILES string of the molecule is COc1ccc(NC(=O)C2(CN)CCOCC2)cc1OC.Cl. The molecule has 0 bridgehead atoms. The zero-order chi connectivity index (χ0) is 15.3. The quantitative estimate of drug-likeness (QED) is 0.860. The molecule has 0 spiro atoms. The lowest BCUT2D eigenvalue weighted by atomic mass is 9.79. The molecule has 1 aliphatic heterocycles. The number of halogens is 1. The highest BCUT2D eigenvalue weighted by Gasteiger charge is 2.38. The summed E-state index contributed by atoms with van der Waals surface area (Å²) in [5.41, 5.74) is 5.95. The third-order valence-corrected chi connectivity index (χ3v) is 3.96. The Morgan fingerprint density at radius 1 is 1.27 bits per heavy atom. The van der Waals surface area contributed by atoms with Gasteiger partial charge in [-0.3, -0.25) is 4.79 Å². The van der Waals surface area contributed by atoms with E-state index in [-0.39, 0.29) is 18.3 Å². The van der Waals surface area contributed by atoms with Crippen molar-refractivity contribution >= 4 is 24.0 Å². The summed E-state index contributed by atoms with van der Waals surface area (Å²) >= 11 is 0. The molecule has 2 rings (SSSR count). The Kier molecular flexibility index (Phi) is 6.93. The fraction of sp³-hybridized carbons (Fsp3) is 0.533. The minimum atomic E-state index is -0.550. The van der Waals surface area contributed by atoms with E-state index in [2.05, 4.69) is 5.32 Å². The van der Waals surface area contributed by atoms with E-state index >= 15 is 0 Å². The van der Waals surface area contributed by atoms with Crippen LogP contribution in [0.15, 0.2) is 18.2 Å². The van der Waals surface area contributed by atoms with E-state index in [1.807, 2.05) is 0 Å². The van der Waals surface area contributed by atoms with Crippen LogP contribution < -0.4 is 20.5 Å². The molecule has 0 atom stereocenters. The van der Waals surface area contributed by atoms with Crippen LogP contribution in [0.4, 0.5) is 5.69 Å². The topological polar surface area (TPSA) is 82.8 Å². The van der Waals surface area contributed by atoms with Gasteiger partial charge in [-0.1, -0.05) is 0 Å². The van der Waals surface area contributed by atoms with E-state index in [1.54, 1.807) is 32.4 Å². The number of hydrogen-bond donors (Lipinski definition) is 2. The van der Waals surface area contributed by atoms with Crippen LogP contribution in [-0.4, -0.2) is 39.9 Å². The minimum absolute atomic E-state index is 0. The van der Waals surface area contributed by atoms with Gasteiger partial charge in [-0.2, -0.15) is 0 Å². The van der Waals surface area contributed by atoms with Gasteiger partial charge in [-0.25, -0.2) is 0 Å². The molecule has 124 valence electrons. The maximum Gasteiger partial charge on any atom is 0.232 e. The van der Waals surface area contributed by atoms with E-state index in [9.17, 15) is 4.79 Å². The average Bonchev–Trinajstić information content (AvgIpc) is 2.55. The van der Waals surface area contributed by atoms with E-state index in [1.165, 1.54) is 0 Å². The van der Waals surface area contributed by atoms with Gasteiger partial charge in [-0.05, 0) is 25.0 Å². The minimum Gasteiger partial charge on any atom is -0.493 e. The summed E-state index contributed by atoms with van der Waals surface area (Å²) in [5.74, 6) is 1.12. The Bertz CT molecular complexity index is 504. The second-order valence-corrected chi connectivity index (χ2v) is 5.12. The number of carbonyl (C=O) groups is 1. The van der Waals surface area contributed by atoms with Crippen molar-refractivity contribution in [2.75, 3.05) is 39.3 Å². The highest BCUT2D eigenvalue weighted by atomic mass is 35.5. The van der Waals surface area contributed by atoms with Crippen LogP contribution in [0.2, 0.25) is 0 Å². The molecule has 7 heteroatoms. The largest absolute Gasteiger partial charge is 0.493 e. The van der Waals surface area contributed by atoms with Crippen molar-refractivity contribution < 1.29 is 19.0 Å². The number of ether oxygens (including phenoxy) is 3. The van der Waals surface area contributed by atoms with Crippen LogP contribution in [-0.2, 0) is 9.53 Å². The Balaban J connectivity index is 0.00000242. The highest BCUT2D eigenvalue weighted by molar-refractivity contribution is 5.95. The second kappa shape index (κ2) is 8.22. The fourth-order valence-corrected chi connectivity index (χ4v) is 2.46. The molecular weight excluding hydrogens is 308 g/mol. The maximum atomic E-state index is 12.6. The van der Waals surface area contributed by atoms with Crippen molar-refractivity contribution in [3.63, 3.8) is 0 Å². The zero-order valence-corrected chi connectivity index (χ0v) is 13.7. The van der Waals surface area contributed by atoms with Crippen LogP contribution in [0.25, 0.3) is 0 Å². The number of rotatable bonds is 5. The van der Waals surface area contributed by atoms with E-state index in [4.69, 9.17) is 19.9 Å². The van der Waals surface area contributed by atoms with Crippen molar-refractivity contribution in [3.8, 4) is 11.5 Å². The van der Waals surface area contributed by atoms with Gasteiger partial charge >= 0.3 is 0 Å². The van der Waals surface area contributed by atoms with Crippen LogP contribution in [0, 0.1) is 5.41 Å². The normalized spacial score (nSPS) is 16.3. The summed E-state index contributed by atoms with van der Waals surface area (Å²) in [4.78, 5) is 12.6. The van der Waals surface area contributed by atoms with E-state index < -0.39 is 5.41 Å². The van der Waals surface area contributed by atoms with Gasteiger partial charge in [0, 0.05) is 31.5 Å². The van der Waals surface area contributed by atoms with Crippen molar-refractivity contribution in [2.24, 2.45) is 11.1 Å². The fourth-order valence-electron chi connectivity index (χ4n) is 2.46. The molecule has 0 saturated carbocycles. The summed E-state index contributed by atoms with van der Waals surface area (Å²) in [6.45, 7) is 1.45. The molecule has 1 aromatic carbocycles. The highest BCUT2D eigenvalue weighted by Crippen LogP contribution is 2.33. The number of nitrogens with one attached hydrogen (secondary N) is 1. The Morgan fingerprint density at radius 3 is 2.45 bits per heavy atom. The monoisotopic (exact) mass is 330 g/mol. The summed E-state index contributed by atoms with van der Waals surface area (Å²) < 4.78 is 15.7. The molecule has 3 N–H and O–H groups in total. The van der Waals surface area contributed by atoms with Crippen LogP contribution in [0.1, 0.15) is 12.8 Å². The van der Waals surface area contributed by atoms with Gasteiger partial charge in [0.15, 0.2) is 11.5 Å². The standard InChI is InChI=1S/C15H22N2O4.ClH/c1-19-12-4-3-11(9-13(12)20-2)17-14(18)15(10-16)5-7-21-8-6-15;/h3-4,9H,5-8,10,16H2,1-2H3,(H,17,18);1H. The van der Waals surface area contributed by atoms with Gasteiger partial charge in [0.1, 0.15) is 0 Å². The molecule has 0 aliphatic carbocycles. The molecule has 0 aromatic heterocycles. The first-order valence-corrected chi connectivity index (χ1v) is 6.96. The lowest BCUT2D eigenvalue weighted by molar-refractivity contribution is -0.130. The number of nitrogens with two attached hydrogens (primary N) is 1. The van der Waals surface area contributed by atoms with Crippen molar-refractivity contribution in [2.45, 2.75) is 12.8 Å². The first kappa shape index (κ1) is 18.5. The Labute approximate surface area is 136 Å². The molecule has 0 unspecified atom stereocenters. The lowest BCUT2D eigenvalue weighted by Crippen LogP contribution is -2.46. The number of benzene rings is 1. The smallest absolute Gasteiger partial charge is 0.232 e. The molecule has 6 nitrogen and oxygen atoms in total. The summed E-state index contributed by atoms with van der Waals surface area (Å²) in [6, 6.07) is 5.27. The summed E-state index contributed by atoms with van der Waals surface area (Å²) in [6.07, 6.45) is 1.28. The van der Waals surface area contributed by atoms with Gasteiger partial charge in [0.2, 0.25) is 5.91 Å². The summed E-state index contributed by atoms with van der Waals surface area (Å²) in [7, 11) is 3.13. The first-order valence-electron chi connectivity index (χ1n) is 6.96. The number of hydrogen-bond acceptors (Lipinski definition) is 5.